The Hall–Kier alpha value is -2.51. The predicted octanol–water partition coefficient (Wildman–Crippen LogP) is 2.13. The standard InChI is InChI=1S/C20H19BClNO5/c1-23-11-19(24)27-21(28-20(25)12-23)13-5-7-14(8-6-13)26-18-10-9-15-16(18)3-2-4-17(15)22/h2-8,18H,9-12H2,1H3. The number of carbonyl (C=O) groups excluding carboxylic acids is 2. The van der Waals surface area contributed by atoms with Gasteiger partial charge in [0, 0.05) is 10.5 Å². The van der Waals surface area contributed by atoms with Crippen LogP contribution in [0.2, 0.25) is 5.02 Å². The monoisotopic (exact) mass is 399 g/mol. The van der Waals surface area contributed by atoms with E-state index >= 15 is 0 Å². The first-order valence-corrected chi connectivity index (χ1v) is 9.49. The Morgan fingerprint density at radius 3 is 2.43 bits per heavy atom. The lowest BCUT2D eigenvalue weighted by Crippen LogP contribution is -2.47. The highest BCUT2D eigenvalue weighted by molar-refractivity contribution is 6.64. The Bertz CT molecular complexity index is 884. The molecule has 28 heavy (non-hydrogen) atoms. The molecule has 2 aromatic rings. The summed E-state index contributed by atoms with van der Waals surface area (Å²) < 4.78 is 16.7. The minimum Gasteiger partial charge on any atom is -0.494 e. The van der Waals surface area contributed by atoms with Gasteiger partial charge in [0.1, 0.15) is 11.9 Å². The maximum atomic E-state index is 11.9. The molecule has 1 atom stereocenters. The van der Waals surface area contributed by atoms with E-state index in [1.165, 1.54) is 0 Å². The zero-order valence-corrected chi connectivity index (χ0v) is 16.1. The average molecular weight is 400 g/mol. The molecule has 1 aliphatic carbocycles. The number of halogens is 1. The topological polar surface area (TPSA) is 65.1 Å². The highest BCUT2D eigenvalue weighted by atomic mass is 35.5. The lowest BCUT2D eigenvalue weighted by molar-refractivity contribution is -0.145. The first-order chi connectivity index (χ1) is 13.5. The molecular weight excluding hydrogens is 380 g/mol. The van der Waals surface area contributed by atoms with Crippen LogP contribution in [0.3, 0.4) is 0 Å². The van der Waals surface area contributed by atoms with Crippen molar-refractivity contribution >= 4 is 36.1 Å². The fourth-order valence-electron chi connectivity index (χ4n) is 3.53. The third-order valence-corrected chi connectivity index (χ3v) is 5.22. The second-order valence-electron chi connectivity index (χ2n) is 7.01. The second kappa shape index (κ2) is 7.85. The Labute approximate surface area is 168 Å². The third-order valence-electron chi connectivity index (χ3n) is 4.86. The Balaban J connectivity index is 1.47. The third kappa shape index (κ3) is 4.00. The molecule has 0 bridgehead atoms. The van der Waals surface area contributed by atoms with Gasteiger partial charge in [-0.25, -0.2) is 0 Å². The van der Waals surface area contributed by atoms with Gasteiger partial charge < -0.3 is 14.0 Å². The number of hydrogen-bond acceptors (Lipinski definition) is 6. The largest absolute Gasteiger partial charge is 0.636 e. The van der Waals surface area contributed by atoms with Crippen molar-refractivity contribution in [3.05, 3.63) is 58.6 Å². The van der Waals surface area contributed by atoms with Gasteiger partial charge in [0.2, 0.25) is 0 Å². The van der Waals surface area contributed by atoms with Crippen LogP contribution in [0.5, 0.6) is 5.75 Å². The van der Waals surface area contributed by atoms with Crippen molar-refractivity contribution in [3.63, 3.8) is 0 Å². The number of ether oxygens (including phenoxy) is 1. The number of benzene rings is 2. The van der Waals surface area contributed by atoms with Gasteiger partial charge in [-0.2, -0.15) is 0 Å². The smallest absolute Gasteiger partial charge is 0.494 e. The lowest BCUT2D eigenvalue weighted by Gasteiger charge is -2.22. The molecule has 0 aromatic heterocycles. The fraction of sp³-hybridized carbons (Fsp3) is 0.300. The first kappa shape index (κ1) is 18.8. The minimum absolute atomic E-state index is 0.0381. The molecule has 8 heteroatoms. The molecule has 4 rings (SSSR count). The summed E-state index contributed by atoms with van der Waals surface area (Å²) in [5, 5.41) is 0.775. The highest BCUT2D eigenvalue weighted by Gasteiger charge is 2.34. The molecule has 0 spiro atoms. The molecule has 2 aromatic carbocycles. The maximum Gasteiger partial charge on any atom is 0.636 e. The molecule has 0 saturated carbocycles. The second-order valence-corrected chi connectivity index (χ2v) is 7.41. The summed E-state index contributed by atoms with van der Waals surface area (Å²) in [6.45, 7) is 0.0763. The number of rotatable bonds is 3. The van der Waals surface area contributed by atoms with Crippen LogP contribution >= 0.6 is 11.6 Å². The van der Waals surface area contributed by atoms with E-state index in [9.17, 15) is 9.59 Å². The molecule has 0 amide bonds. The van der Waals surface area contributed by atoms with Crippen LogP contribution in [-0.4, -0.2) is 44.1 Å². The van der Waals surface area contributed by atoms with Gasteiger partial charge in [0.05, 0.1) is 13.1 Å². The van der Waals surface area contributed by atoms with Crippen LogP contribution in [0.4, 0.5) is 0 Å². The van der Waals surface area contributed by atoms with Gasteiger partial charge >= 0.3 is 19.1 Å². The Morgan fingerprint density at radius 2 is 1.75 bits per heavy atom. The van der Waals surface area contributed by atoms with Crippen LogP contribution in [-0.2, 0) is 25.3 Å². The molecule has 1 saturated heterocycles. The van der Waals surface area contributed by atoms with Gasteiger partial charge in [-0.3, -0.25) is 14.5 Å². The Morgan fingerprint density at radius 1 is 1.07 bits per heavy atom. The molecule has 1 unspecified atom stereocenters. The normalized spacial score (nSPS) is 20.1. The average Bonchev–Trinajstić information content (AvgIpc) is 3.05. The number of carbonyl (C=O) groups is 2. The summed E-state index contributed by atoms with van der Waals surface area (Å²) in [5.41, 5.74) is 2.83. The van der Waals surface area contributed by atoms with E-state index in [0.717, 1.165) is 29.0 Å². The van der Waals surface area contributed by atoms with E-state index in [1.54, 1.807) is 36.2 Å². The summed E-state index contributed by atoms with van der Waals surface area (Å²) in [6.07, 6.45) is 1.71. The van der Waals surface area contributed by atoms with E-state index in [1.807, 2.05) is 18.2 Å². The van der Waals surface area contributed by atoms with Crippen LogP contribution in [0.15, 0.2) is 42.5 Å². The quantitative estimate of drug-likeness (QED) is 0.737. The SMILES string of the molecule is CN1CC(=O)OB(c2ccc(OC3CCc4c(Cl)cccc43)cc2)OC(=O)C1. The van der Waals surface area contributed by atoms with Crippen molar-refractivity contribution in [2.75, 3.05) is 20.1 Å². The molecule has 1 heterocycles. The molecule has 1 fully saturated rings. The van der Waals surface area contributed by atoms with Crippen LogP contribution < -0.4 is 10.2 Å². The van der Waals surface area contributed by atoms with Crippen molar-refractivity contribution < 1.29 is 23.6 Å². The molecular formula is C20H19BClNO5. The van der Waals surface area contributed by atoms with Gasteiger partial charge in [-0.15, -0.1) is 0 Å². The number of likely N-dealkylation sites (N-methyl/N-ethyl adjacent to an activating group) is 1. The summed E-state index contributed by atoms with van der Waals surface area (Å²) in [7, 11) is 0.609. The number of hydrogen-bond donors (Lipinski definition) is 0. The zero-order valence-electron chi connectivity index (χ0n) is 15.4. The highest BCUT2D eigenvalue weighted by Crippen LogP contribution is 2.38. The van der Waals surface area contributed by atoms with E-state index in [-0.39, 0.29) is 19.2 Å². The van der Waals surface area contributed by atoms with E-state index in [0.29, 0.717) is 11.2 Å². The molecule has 0 radical (unpaired) electrons. The van der Waals surface area contributed by atoms with E-state index in [4.69, 9.17) is 25.6 Å². The van der Waals surface area contributed by atoms with Gasteiger partial charge in [0.25, 0.3) is 0 Å². The van der Waals surface area contributed by atoms with Crippen LogP contribution in [0.25, 0.3) is 0 Å². The van der Waals surface area contributed by atoms with E-state index in [2.05, 4.69) is 0 Å². The number of nitrogens with zero attached hydrogens (tertiary/aromatic N) is 1. The molecule has 144 valence electrons. The summed E-state index contributed by atoms with van der Waals surface area (Å²) in [5.74, 6) is -0.204. The van der Waals surface area contributed by atoms with Crippen molar-refractivity contribution in [1.82, 2.24) is 4.90 Å². The predicted molar refractivity (Wildman–Crippen MR) is 105 cm³/mol. The van der Waals surface area contributed by atoms with Gasteiger partial charge in [-0.05, 0) is 49.2 Å². The lowest BCUT2D eigenvalue weighted by atomic mass is 9.78. The Kier molecular flexibility index (Phi) is 5.28. The van der Waals surface area contributed by atoms with Crippen molar-refractivity contribution in [2.45, 2.75) is 18.9 Å². The zero-order chi connectivity index (χ0) is 19.7. The van der Waals surface area contributed by atoms with Crippen molar-refractivity contribution in [3.8, 4) is 5.75 Å². The maximum absolute atomic E-state index is 11.9. The summed E-state index contributed by atoms with van der Waals surface area (Å²) in [6, 6.07) is 12.9. The van der Waals surface area contributed by atoms with Gasteiger partial charge in [0.15, 0.2) is 0 Å². The summed E-state index contributed by atoms with van der Waals surface area (Å²) in [4.78, 5) is 25.3. The molecule has 0 N–H and O–H groups in total. The van der Waals surface area contributed by atoms with Gasteiger partial charge in [-0.1, -0.05) is 35.9 Å². The molecule has 1 aliphatic heterocycles. The van der Waals surface area contributed by atoms with Crippen molar-refractivity contribution in [2.24, 2.45) is 0 Å². The molecule has 6 nitrogen and oxygen atoms in total. The van der Waals surface area contributed by atoms with Crippen molar-refractivity contribution in [1.29, 1.82) is 0 Å². The summed E-state index contributed by atoms with van der Waals surface area (Å²) >= 11 is 6.26. The first-order valence-electron chi connectivity index (χ1n) is 9.11. The fourth-order valence-corrected chi connectivity index (χ4v) is 3.81. The van der Waals surface area contributed by atoms with Crippen LogP contribution in [0.1, 0.15) is 23.7 Å². The number of fused-ring (bicyclic) bond motifs is 1. The van der Waals surface area contributed by atoms with E-state index < -0.39 is 19.1 Å². The molecule has 2 aliphatic rings. The minimum atomic E-state index is -1.05. The van der Waals surface area contributed by atoms with Crippen LogP contribution in [0, 0.1) is 0 Å².